The molecule has 1 heterocycles. The van der Waals surface area contributed by atoms with Gasteiger partial charge in [-0.15, -0.1) is 0 Å². The Bertz CT molecular complexity index is 390. The number of nitrogens with one attached hydrogen (secondary N) is 1. The van der Waals surface area contributed by atoms with E-state index < -0.39 is 0 Å². The number of hydrogen-bond acceptors (Lipinski definition) is 3. The summed E-state index contributed by atoms with van der Waals surface area (Å²) in [4.78, 5) is 19.1. The highest BCUT2D eigenvalue weighted by Crippen LogP contribution is 1.96. The fourth-order valence-electron chi connectivity index (χ4n) is 0.880. The molecule has 0 radical (unpaired) electrons. The van der Waals surface area contributed by atoms with Crippen molar-refractivity contribution in [1.29, 1.82) is 0 Å². The monoisotopic (exact) mass is 256 g/mol. The molecule has 0 saturated carbocycles. The van der Waals surface area contributed by atoms with E-state index >= 15 is 0 Å². The predicted molar refractivity (Wildman–Crippen MR) is 54.3 cm³/mol. The lowest BCUT2D eigenvalue weighted by Crippen LogP contribution is -2.25. The Morgan fingerprint density at radius 2 is 2.43 bits per heavy atom. The molecule has 0 spiro atoms. The maximum absolute atomic E-state index is 11.2. The van der Waals surface area contributed by atoms with Gasteiger partial charge in [0, 0.05) is 28.9 Å². The Hall–Kier alpha value is -1.35. The summed E-state index contributed by atoms with van der Waals surface area (Å²) >= 11 is 2.86. The Morgan fingerprint density at radius 1 is 1.71 bits per heavy atom. The van der Waals surface area contributed by atoms with Crippen molar-refractivity contribution in [3.8, 4) is 10.8 Å². The minimum absolute atomic E-state index is 0.274. The summed E-state index contributed by atoms with van der Waals surface area (Å²) in [5.41, 5.74) is 0. The first-order valence-corrected chi connectivity index (χ1v) is 4.67. The van der Waals surface area contributed by atoms with Gasteiger partial charge in [-0.2, -0.15) is 5.10 Å². The van der Waals surface area contributed by atoms with Crippen LogP contribution in [0.5, 0.6) is 0 Å². The molecular weight excluding hydrogens is 248 g/mol. The molecule has 0 saturated heterocycles. The number of nitrogens with zero attached hydrogens (tertiary/aromatic N) is 3. The fourth-order valence-corrected chi connectivity index (χ4v) is 1.05. The molecule has 6 heteroatoms. The van der Waals surface area contributed by atoms with Gasteiger partial charge in [0.1, 0.15) is 5.82 Å². The van der Waals surface area contributed by atoms with E-state index in [0.29, 0.717) is 12.4 Å². The summed E-state index contributed by atoms with van der Waals surface area (Å²) in [6, 6.07) is 0. The second-order valence-electron chi connectivity index (χ2n) is 2.72. The predicted octanol–water partition coefficient (Wildman–Crippen LogP) is 0.427. The molecule has 14 heavy (non-hydrogen) atoms. The lowest BCUT2D eigenvalue weighted by molar-refractivity contribution is -0.124. The molecule has 1 aromatic heterocycles. The van der Waals surface area contributed by atoms with Crippen LogP contribution in [0, 0.1) is 17.7 Å². The number of aromatic nitrogens is 3. The average molecular weight is 257 g/mol. The number of halogens is 1. The molecule has 1 amide bonds. The van der Waals surface area contributed by atoms with Crippen molar-refractivity contribution in [1.82, 2.24) is 20.1 Å². The number of aryl methyl sites for hydroxylation is 1. The second-order valence-corrected chi connectivity index (χ2v) is 3.11. The highest BCUT2D eigenvalue weighted by Gasteiger charge is 2.08. The topological polar surface area (TPSA) is 61.9 Å². The van der Waals surface area contributed by atoms with Crippen LogP contribution in [0.15, 0.2) is 0 Å². The highest BCUT2D eigenvalue weighted by molar-refractivity contribution is 9.12. The molecule has 0 aliphatic heterocycles. The van der Waals surface area contributed by atoms with Crippen LogP contribution < -0.4 is 0 Å². The van der Waals surface area contributed by atoms with Gasteiger partial charge < -0.3 is 4.90 Å². The number of hydrogen-bond donors (Lipinski definition) is 1. The van der Waals surface area contributed by atoms with E-state index in [1.807, 2.05) is 0 Å². The van der Waals surface area contributed by atoms with Gasteiger partial charge in [-0.1, -0.05) is 0 Å². The van der Waals surface area contributed by atoms with Crippen LogP contribution in [0.1, 0.15) is 11.6 Å². The number of aromatic amines is 1. The molecule has 0 unspecified atom stereocenters. The van der Waals surface area contributed by atoms with Crippen molar-refractivity contribution < 1.29 is 4.79 Å². The van der Waals surface area contributed by atoms with E-state index in [2.05, 4.69) is 41.9 Å². The Balaban J connectivity index is 2.59. The lowest BCUT2D eigenvalue weighted by Gasteiger charge is -2.10. The van der Waals surface area contributed by atoms with Gasteiger partial charge in [0.25, 0.3) is 5.91 Å². The van der Waals surface area contributed by atoms with E-state index in [9.17, 15) is 4.79 Å². The largest absolute Gasteiger partial charge is 0.327 e. The van der Waals surface area contributed by atoms with Crippen LogP contribution in [0.4, 0.5) is 0 Å². The van der Waals surface area contributed by atoms with Crippen LogP contribution in [0.2, 0.25) is 0 Å². The normalized spacial score (nSPS) is 9.07. The van der Waals surface area contributed by atoms with Gasteiger partial charge in [-0.05, 0) is 11.8 Å². The quantitative estimate of drug-likeness (QED) is 0.781. The summed E-state index contributed by atoms with van der Waals surface area (Å²) in [6.07, 6.45) is 0. The number of carbonyl (C=O) groups excluding carboxylic acids is 1. The van der Waals surface area contributed by atoms with Crippen molar-refractivity contribution >= 4 is 21.8 Å². The Kier molecular flexibility index (Phi) is 3.65. The molecule has 1 rings (SSSR count). The first-order valence-electron chi connectivity index (χ1n) is 3.88. The van der Waals surface area contributed by atoms with Crippen molar-refractivity contribution in [3.05, 3.63) is 11.6 Å². The molecule has 0 aromatic carbocycles. The number of carbonyl (C=O) groups is 1. The number of H-pyrrole nitrogens is 1. The van der Waals surface area contributed by atoms with Gasteiger partial charge in [-0.3, -0.25) is 9.89 Å². The highest BCUT2D eigenvalue weighted by atomic mass is 79.9. The zero-order chi connectivity index (χ0) is 10.6. The molecule has 74 valence electrons. The summed E-state index contributed by atoms with van der Waals surface area (Å²) in [5, 5.41) is 6.61. The third kappa shape index (κ3) is 2.85. The van der Waals surface area contributed by atoms with E-state index in [-0.39, 0.29) is 5.91 Å². The number of amides is 1. The SMILES string of the molecule is Cc1nc(CN(C)C(=O)C#CBr)n[nH]1. The number of rotatable bonds is 2. The lowest BCUT2D eigenvalue weighted by atomic mass is 10.5. The van der Waals surface area contributed by atoms with Crippen molar-refractivity contribution in [2.24, 2.45) is 0 Å². The Labute approximate surface area is 90.0 Å². The van der Waals surface area contributed by atoms with Crippen LogP contribution in [-0.4, -0.2) is 33.0 Å². The summed E-state index contributed by atoms with van der Waals surface area (Å²) in [5.74, 6) is 3.39. The van der Waals surface area contributed by atoms with Crippen molar-refractivity contribution in [3.63, 3.8) is 0 Å². The average Bonchev–Trinajstić information content (AvgIpc) is 2.51. The molecular formula is C8H9BrN4O. The summed E-state index contributed by atoms with van der Waals surface area (Å²) < 4.78 is 0. The van der Waals surface area contributed by atoms with Gasteiger partial charge in [-0.25, -0.2) is 4.98 Å². The third-order valence-corrected chi connectivity index (χ3v) is 1.72. The minimum atomic E-state index is -0.274. The van der Waals surface area contributed by atoms with E-state index in [1.54, 1.807) is 14.0 Å². The van der Waals surface area contributed by atoms with E-state index in [1.165, 1.54) is 4.90 Å². The van der Waals surface area contributed by atoms with Gasteiger partial charge in [0.15, 0.2) is 5.82 Å². The van der Waals surface area contributed by atoms with Crippen LogP contribution in [-0.2, 0) is 11.3 Å². The molecule has 0 fully saturated rings. The maximum atomic E-state index is 11.2. The molecule has 1 N–H and O–H groups in total. The molecule has 5 nitrogen and oxygen atoms in total. The third-order valence-electron chi connectivity index (χ3n) is 1.52. The maximum Gasteiger partial charge on any atom is 0.299 e. The standard InChI is InChI=1S/C8H9BrN4O/c1-6-10-7(12-11-6)5-13(2)8(14)3-4-9/h5H2,1-2H3,(H,10,11,12). The van der Waals surface area contributed by atoms with Crippen LogP contribution >= 0.6 is 15.9 Å². The van der Waals surface area contributed by atoms with Crippen LogP contribution in [0.25, 0.3) is 0 Å². The van der Waals surface area contributed by atoms with Gasteiger partial charge >= 0.3 is 0 Å². The molecule has 0 aliphatic carbocycles. The molecule has 0 bridgehead atoms. The fraction of sp³-hybridized carbons (Fsp3) is 0.375. The van der Waals surface area contributed by atoms with Crippen LogP contribution in [0.3, 0.4) is 0 Å². The smallest absolute Gasteiger partial charge is 0.299 e. The van der Waals surface area contributed by atoms with Crippen molar-refractivity contribution in [2.45, 2.75) is 13.5 Å². The first kappa shape index (κ1) is 10.7. The van der Waals surface area contributed by atoms with Gasteiger partial charge in [0.05, 0.1) is 6.54 Å². The Morgan fingerprint density at radius 3 is 2.93 bits per heavy atom. The van der Waals surface area contributed by atoms with E-state index in [4.69, 9.17) is 0 Å². The van der Waals surface area contributed by atoms with Gasteiger partial charge in [0.2, 0.25) is 0 Å². The summed E-state index contributed by atoms with van der Waals surface area (Å²) in [7, 11) is 1.64. The second kappa shape index (κ2) is 4.77. The molecule has 0 atom stereocenters. The molecule has 0 aliphatic rings. The summed E-state index contributed by atoms with van der Waals surface area (Å²) in [6.45, 7) is 2.15. The molecule has 1 aromatic rings. The van der Waals surface area contributed by atoms with E-state index in [0.717, 1.165) is 5.82 Å². The zero-order valence-electron chi connectivity index (χ0n) is 7.83. The minimum Gasteiger partial charge on any atom is -0.327 e. The first-order chi connectivity index (χ1) is 6.63. The zero-order valence-corrected chi connectivity index (χ0v) is 9.42. The van der Waals surface area contributed by atoms with Crippen molar-refractivity contribution in [2.75, 3.05) is 7.05 Å².